The Bertz CT molecular complexity index is 1190. The molecule has 2 aromatic heterocycles. The zero-order chi connectivity index (χ0) is 22.1. The van der Waals surface area contributed by atoms with Gasteiger partial charge in [-0.25, -0.2) is 9.37 Å². The molecule has 0 aliphatic carbocycles. The number of hydrogen-bond acceptors (Lipinski definition) is 5. The maximum atomic E-state index is 13.1. The number of benzene rings is 1. The van der Waals surface area contributed by atoms with Crippen LogP contribution in [0, 0.1) is 18.7 Å². The fourth-order valence-corrected chi connectivity index (χ4v) is 4.19. The van der Waals surface area contributed by atoms with Crippen LogP contribution in [0.1, 0.15) is 44.9 Å². The van der Waals surface area contributed by atoms with E-state index < -0.39 is 5.91 Å². The number of piperidine rings is 1. The first kappa shape index (κ1) is 20.9. The Kier molecular flexibility index (Phi) is 5.69. The number of rotatable bonds is 6. The standard InChI is InChI=1S/C22H24FN5O3/c1-13-17(22(31)28-12-25-18(20(24)30)21(28)26-13)8-11-27-9-6-15(7-10-27)19(29)14-2-4-16(23)5-3-14/h2-5,12,15,26H,6-11H2,1H3,(H2,24,30). The van der Waals surface area contributed by atoms with Gasteiger partial charge in [-0.15, -0.1) is 0 Å². The lowest BCUT2D eigenvalue weighted by molar-refractivity contribution is 0.0840. The number of primary amides is 1. The Balaban J connectivity index is 1.39. The number of aromatic nitrogens is 3. The average Bonchev–Trinajstić information content (AvgIpc) is 3.18. The molecule has 4 rings (SSSR count). The Morgan fingerprint density at radius 3 is 2.55 bits per heavy atom. The van der Waals surface area contributed by atoms with Gasteiger partial charge in [0, 0.05) is 29.3 Å². The number of aromatic amines is 1. The number of amides is 1. The quantitative estimate of drug-likeness (QED) is 0.584. The molecular weight excluding hydrogens is 401 g/mol. The van der Waals surface area contributed by atoms with E-state index in [2.05, 4.69) is 14.9 Å². The summed E-state index contributed by atoms with van der Waals surface area (Å²) in [5, 5.41) is 0. The molecule has 3 N–H and O–H groups in total. The molecule has 1 aromatic carbocycles. The second-order valence-electron chi connectivity index (χ2n) is 7.95. The van der Waals surface area contributed by atoms with Crippen molar-refractivity contribution < 1.29 is 14.0 Å². The monoisotopic (exact) mass is 425 g/mol. The molecule has 3 aromatic rings. The van der Waals surface area contributed by atoms with E-state index in [9.17, 15) is 18.8 Å². The first-order valence-electron chi connectivity index (χ1n) is 10.3. The van der Waals surface area contributed by atoms with Crippen molar-refractivity contribution in [3.8, 4) is 0 Å². The summed E-state index contributed by atoms with van der Waals surface area (Å²) >= 11 is 0. The van der Waals surface area contributed by atoms with E-state index in [1.54, 1.807) is 6.92 Å². The Morgan fingerprint density at radius 1 is 1.23 bits per heavy atom. The number of halogens is 1. The van der Waals surface area contributed by atoms with Crippen LogP contribution in [0.2, 0.25) is 0 Å². The van der Waals surface area contributed by atoms with E-state index in [0.717, 1.165) is 25.9 Å². The van der Waals surface area contributed by atoms with Crippen LogP contribution < -0.4 is 11.3 Å². The summed E-state index contributed by atoms with van der Waals surface area (Å²) in [6.07, 6.45) is 3.31. The van der Waals surface area contributed by atoms with Crippen LogP contribution in [0.3, 0.4) is 0 Å². The molecule has 0 saturated carbocycles. The first-order valence-corrected chi connectivity index (χ1v) is 10.3. The van der Waals surface area contributed by atoms with E-state index in [-0.39, 0.29) is 28.8 Å². The maximum absolute atomic E-state index is 13.1. The van der Waals surface area contributed by atoms with E-state index in [1.165, 1.54) is 35.0 Å². The zero-order valence-electron chi connectivity index (χ0n) is 17.2. The van der Waals surface area contributed by atoms with Gasteiger partial charge in [-0.3, -0.25) is 18.8 Å². The molecule has 0 unspecified atom stereocenters. The molecule has 3 heterocycles. The fourth-order valence-electron chi connectivity index (χ4n) is 4.19. The number of carbonyl (C=O) groups is 2. The van der Waals surface area contributed by atoms with Gasteiger partial charge in [0.05, 0.1) is 0 Å². The van der Waals surface area contributed by atoms with E-state index in [1.807, 2.05) is 0 Å². The van der Waals surface area contributed by atoms with Gasteiger partial charge in [0.25, 0.3) is 11.5 Å². The molecule has 0 spiro atoms. The predicted molar refractivity (Wildman–Crippen MR) is 113 cm³/mol. The van der Waals surface area contributed by atoms with Crippen LogP contribution in [0.5, 0.6) is 0 Å². The van der Waals surface area contributed by atoms with Crippen LogP contribution in [-0.4, -0.2) is 50.6 Å². The molecule has 9 heteroatoms. The average molecular weight is 425 g/mol. The lowest BCUT2D eigenvalue weighted by Gasteiger charge is -2.31. The second kappa shape index (κ2) is 8.43. The summed E-state index contributed by atoms with van der Waals surface area (Å²) in [5.41, 5.74) is 7.30. The van der Waals surface area contributed by atoms with Gasteiger partial charge in [0.2, 0.25) is 0 Å². The third-order valence-corrected chi connectivity index (χ3v) is 6.00. The molecule has 1 aliphatic heterocycles. The van der Waals surface area contributed by atoms with Crippen molar-refractivity contribution in [1.82, 2.24) is 19.3 Å². The molecule has 1 fully saturated rings. The number of hydrogen-bond donors (Lipinski definition) is 2. The number of fused-ring (bicyclic) bond motifs is 1. The molecule has 0 radical (unpaired) electrons. The molecule has 31 heavy (non-hydrogen) atoms. The maximum Gasteiger partial charge on any atom is 0.271 e. The second-order valence-corrected chi connectivity index (χ2v) is 7.95. The van der Waals surface area contributed by atoms with Gasteiger partial charge in [0.15, 0.2) is 17.1 Å². The Morgan fingerprint density at radius 2 is 1.90 bits per heavy atom. The van der Waals surface area contributed by atoms with E-state index in [0.29, 0.717) is 35.4 Å². The highest BCUT2D eigenvalue weighted by atomic mass is 19.1. The van der Waals surface area contributed by atoms with Crippen molar-refractivity contribution in [3.63, 3.8) is 0 Å². The minimum absolute atomic E-state index is 0.0413. The molecular formula is C22H24FN5O3. The van der Waals surface area contributed by atoms with Gasteiger partial charge in [-0.1, -0.05) is 0 Å². The number of carbonyl (C=O) groups excluding carboxylic acids is 2. The number of nitrogens with one attached hydrogen (secondary N) is 1. The normalized spacial score (nSPS) is 15.4. The van der Waals surface area contributed by atoms with Gasteiger partial charge in [0.1, 0.15) is 12.1 Å². The van der Waals surface area contributed by atoms with Gasteiger partial charge in [-0.05, 0) is 63.5 Å². The summed E-state index contributed by atoms with van der Waals surface area (Å²) in [7, 11) is 0. The van der Waals surface area contributed by atoms with Crippen molar-refractivity contribution in [1.29, 1.82) is 0 Å². The molecule has 162 valence electrons. The fraction of sp³-hybridized carbons (Fsp3) is 0.364. The summed E-state index contributed by atoms with van der Waals surface area (Å²) in [5.74, 6) is -1.05. The van der Waals surface area contributed by atoms with E-state index in [4.69, 9.17) is 5.73 Å². The SMILES string of the molecule is Cc1[nH]c2c(C(N)=O)ncn2c(=O)c1CCN1CCC(C(=O)c2ccc(F)cc2)CC1. The third-order valence-electron chi connectivity index (χ3n) is 6.00. The number of H-pyrrole nitrogens is 1. The summed E-state index contributed by atoms with van der Waals surface area (Å²) < 4.78 is 14.4. The topological polar surface area (TPSA) is 114 Å². The van der Waals surface area contributed by atoms with Crippen LogP contribution in [0.25, 0.3) is 5.65 Å². The minimum Gasteiger partial charge on any atom is -0.364 e. The van der Waals surface area contributed by atoms with Crippen LogP contribution in [0.4, 0.5) is 4.39 Å². The lowest BCUT2D eigenvalue weighted by Crippen LogP contribution is -2.38. The molecule has 0 bridgehead atoms. The Hall–Kier alpha value is -3.33. The van der Waals surface area contributed by atoms with Crippen LogP contribution >= 0.6 is 0 Å². The van der Waals surface area contributed by atoms with Crippen molar-refractivity contribution in [3.05, 3.63) is 69.3 Å². The van der Waals surface area contributed by atoms with Gasteiger partial charge in [-0.2, -0.15) is 0 Å². The van der Waals surface area contributed by atoms with Crippen LogP contribution in [-0.2, 0) is 6.42 Å². The first-order chi connectivity index (χ1) is 14.8. The van der Waals surface area contributed by atoms with Crippen molar-refractivity contribution >= 4 is 17.3 Å². The highest BCUT2D eigenvalue weighted by Gasteiger charge is 2.26. The largest absolute Gasteiger partial charge is 0.364 e. The van der Waals surface area contributed by atoms with Crippen molar-refractivity contribution in [2.75, 3.05) is 19.6 Å². The Labute approximate surface area is 177 Å². The highest BCUT2D eigenvalue weighted by molar-refractivity contribution is 5.98. The number of imidazole rings is 1. The molecule has 0 atom stereocenters. The number of ketones is 1. The molecule has 1 saturated heterocycles. The number of nitrogens with zero attached hydrogens (tertiary/aromatic N) is 3. The smallest absolute Gasteiger partial charge is 0.271 e. The van der Waals surface area contributed by atoms with Crippen LogP contribution in [0.15, 0.2) is 35.4 Å². The molecule has 8 nitrogen and oxygen atoms in total. The predicted octanol–water partition coefficient (Wildman–Crippen LogP) is 1.71. The number of aryl methyl sites for hydroxylation is 1. The number of Topliss-reactive ketones (excluding diaryl/α,β-unsaturated/α-hetero) is 1. The summed E-state index contributed by atoms with van der Waals surface area (Å²) in [6.45, 7) is 3.99. The molecule has 1 amide bonds. The van der Waals surface area contributed by atoms with Crippen molar-refractivity contribution in [2.45, 2.75) is 26.2 Å². The highest BCUT2D eigenvalue weighted by Crippen LogP contribution is 2.22. The third kappa shape index (κ3) is 4.13. The minimum atomic E-state index is -0.691. The zero-order valence-corrected chi connectivity index (χ0v) is 17.2. The van der Waals surface area contributed by atoms with Crippen molar-refractivity contribution in [2.24, 2.45) is 11.7 Å². The summed E-state index contributed by atoms with van der Waals surface area (Å²) in [6, 6.07) is 5.70. The van der Waals surface area contributed by atoms with Gasteiger partial charge < -0.3 is 15.6 Å². The number of likely N-dealkylation sites (tertiary alicyclic amines) is 1. The number of nitrogens with two attached hydrogens (primary N) is 1. The molecule has 1 aliphatic rings. The summed E-state index contributed by atoms with van der Waals surface area (Å²) in [4.78, 5) is 46.2. The lowest BCUT2D eigenvalue weighted by atomic mass is 9.89. The van der Waals surface area contributed by atoms with Gasteiger partial charge >= 0.3 is 0 Å². The van der Waals surface area contributed by atoms with E-state index >= 15 is 0 Å².